The second kappa shape index (κ2) is 5.69. The predicted molar refractivity (Wildman–Crippen MR) is 70.6 cm³/mol. The minimum atomic E-state index is -0.126. The molecule has 0 aliphatic heterocycles. The third kappa shape index (κ3) is 3.98. The van der Waals surface area contributed by atoms with Gasteiger partial charge in [0.15, 0.2) is 0 Å². The smallest absolute Gasteiger partial charge is 0.266 e. The van der Waals surface area contributed by atoms with E-state index in [2.05, 4.69) is 15.3 Å². The van der Waals surface area contributed by atoms with Crippen LogP contribution in [0.2, 0.25) is 0 Å². The summed E-state index contributed by atoms with van der Waals surface area (Å²) in [4.78, 5) is 17.9. The van der Waals surface area contributed by atoms with E-state index in [1.165, 1.54) is 6.33 Å². The van der Waals surface area contributed by atoms with Crippen molar-refractivity contribution in [3.05, 3.63) is 20.3 Å². The van der Waals surface area contributed by atoms with Gasteiger partial charge in [-0.2, -0.15) is 0 Å². The van der Waals surface area contributed by atoms with Crippen molar-refractivity contribution in [3.63, 3.8) is 0 Å². The van der Waals surface area contributed by atoms with E-state index >= 15 is 0 Å². The molecule has 0 amide bonds. The minimum absolute atomic E-state index is 0.104. The summed E-state index contributed by atoms with van der Waals surface area (Å²) in [5.74, 6) is 0.615. The van der Waals surface area contributed by atoms with E-state index in [1.807, 2.05) is 36.4 Å². The molecule has 4 nitrogen and oxygen atoms in total. The first-order valence-corrected chi connectivity index (χ1v) is 6.16. The number of hydrogen-bond donors (Lipinski definition) is 2. The van der Waals surface area contributed by atoms with Crippen molar-refractivity contribution in [1.29, 1.82) is 0 Å². The van der Waals surface area contributed by atoms with Crippen LogP contribution in [-0.4, -0.2) is 21.4 Å². The molecule has 6 heteroatoms. The molecule has 1 aromatic heterocycles. The Balaban J connectivity index is 2.72. The fraction of sp³-hybridized carbons (Fsp3) is 0.556. The normalized spacial score (nSPS) is 14.7. The highest BCUT2D eigenvalue weighted by Crippen LogP contribution is 2.13. The molecule has 1 rings (SSSR count). The summed E-state index contributed by atoms with van der Waals surface area (Å²) in [5, 5.41) is 3.26. The van der Waals surface area contributed by atoms with E-state index in [1.54, 1.807) is 0 Å². The first kappa shape index (κ1) is 12.8. The van der Waals surface area contributed by atoms with E-state index in [0.29, 0.717) is 9.39 Å². The number of alkyl halides is 1. The maximum Gasteiger partial charge on any atom is 0.266 e. The second-order valence-electron chi connectivity index (χ2n) is 3.46. The van der Waals surface area contributed by atoms with Gasteiger partial charge in [0, 0.05) is 11.4 Å². The predicted octanol–water partition coefficient (Wildman–Crippen LogP) is 2.19. The van der Waals surface area contributed by atoms with Crippen molar-refractivity contribution < 1.29 is 0 Å². The number of halogens is 2. The molecule has 2 atom stereocenters. The van der Waals surface area contributed by atoms with Crippen LogP contribution in [0, 0.1) is 3.57 Å². The number of aromatic nitrogens is 2. The van der Waals surface area contributed by atoms with Gasteiger partial charge in [0.1, 0.15) is 9.39 Å². The maximum absolute atomic E-state index is 11.3. The molecule has 2 unspecified atom stereocenters. The minimum Gasteiger partial charge on any atom is -0.366 e. The molecule has 2 N–H and O–H groups in total. The standard InChI is InChI=1S/C9H13ClIN3O/c1-5(10)3-6(2)14-8-7(11)9(15)13-4-12-8/h4-6H,3H2,1-2H3,(H2,12,13,14,15). The van der Waals surface area contributed by atoms with Crippen LogP contribution in [0.4, 0.5) is 5.82 Å². The van der Waals surface area contributed by atoms with E-state index in [4.69, 9.17) is 11.6 Å². The van der Waals surface area contributed by atoms with Crippen LogP contribution in [0.5, 0.6) is 0 Å². The molecule has 0 aliphatic carbocycles. The van der Waals surface area contributed by atoms with Crippen molar-refractivity contribution in [2.45, 2.75) is 31.7 Å². The number of H-pyrrole nitrogens is 1. The third-order valence-electron chi connectivity index (χ3n) is 1.86. The van der Waals surface area contributed by atoms with Gasteiger partial charge < -0.3 is 10.3 Å². The van der Waals surface area contributed by atoms with Crippen molar-refractivity contribution in [1.82, 2.24) is 9.97 Å². The Labute approximate surface area is 107 Å². The number of anilines is 1. The van der Waals surface area contributed by atoms with Crippen LogP contribution in [0.1, 0.15) is 20.3 Å². The summed E-state index contributed by atoms with van der Waals surface area (Å²) in [6, 6.07) is 0.195. The van der Waals surface area contributed by atoms with Crippen LogP contribution in [0.25, 0.3) is 0 Å². The van der Waals surface area contributed by atoms with Gasteiger partial charge in [-0.3, -0.25) is 4.79 Å². The third-order valence-corrected chi connectivity index (χ3v) is 3.04. The molecule has 15 heavy (non-hydrogen) atoms. The molecular weight excluding hydrogens is 328 g/mol. The number of hydrogen-bond acceptors (Lipinski definition) is 3. The molecule has 0 fully saturated rings. The average molecular weight is 342 g/mol. The molecule has 0 aromatic carbocycles. The van der Waals surface area contributed by atoms with Gasteiger partial charge in [0.05, 0.1) is 6.33 Å². The lowest BCUT2D eigenvalue weighted by molar-refractivity contribution is 0.692. The van der Waals surface area contributed by atoms with Crippen LogP contribution < -0.4 is 10.9 Å². The summed E-state index contributed by atoms with van der Waals surface area (Å²) in [7, 11) is 0. The van der Waals surface area contributed by atoms with Gasteiger partial charge in [-0.05, 0) is 42.9 Å². The summed E-state index contributed by atoms with van der Waals surface area (Å²) in [6.07, 6.45) is 2.22. The Kier molecular flexibility index (Phi) is 4.85. The van der Waals surface area contributed by atoms with Gasteiger partial charge in [-0.25, -0.2) is 4.98 Å². The van der Waals surface area contributed by atoms with E-state index < -0.39 is 0 Å². The fourth-order valence-corrected chi connectivity index (χ4v) is 1.98. The first-order chi connectivity index (χ1) is 7.00. The number of nitrogens with zero attached hydrogens (tertiary/aromatic N) is 1. The summed E-state index contributed by atoms with van der Waals surface area (Å²) >= 11 is 7.85. The van der Waals surface area contributed by atoms with E-state index in [-0.39, 0.29) is 17.0 Å². The van der Waals surface area contributed by atoms with Gasteiger partial charge in [-0.15, -0.1) is 11.6 Å². The van der Waals surface area contributed by atoms with Crippen molar-refractivity contribution >= 4 is 40.0 Å². The summed E-state index contributed by atoms with van der Waals surface area (Å²) < 4.78 is 0.573. The van der Waals surface area contributed by atoms with Gasteiger partial charge in [0.2, 0.25) is 0 Å². The Morgan fingerprint density at radius 2 is 2.33 bits per heavy atom. The molecule has 84 valence electrons. The molecule has 1 aromatic rings. The van der Waals surface area contributed by atoms with Crippen LogP contribution in [-0.2, 0) is 0 Å². The molecule has 0 saturated carbocycles. The Hall–Kier alpha value is -0.300. The molecule has 0 radical (unpaired) electrons. The fourth-order valence-electron chi connectivity index (χ4n) is 1.26. The Morgan fingerprint density at radius 1 is 1.67 bits per heavy atom. The highest BCUT2D eigenvalue weighted by molar-refractivity contribution is 14.1. The lowest BCUT2D eigenvalue weighted by atomic mass is 10.2. The highest BCUT2D eigenvalue weighted by atomic mass is 127. The van der Waals surface area contributed by atoms with Crippen LogP contribution in [0.3, 0.4) is 0 Å². The van der Waals surface area contributed by atoms with Gasteiger partial charge in [-0.1, -0.05) is 0 Å². The number of nitrogens with one attached hydrogen (secondary N) is 2. The molecule has 0 saturated heterocycles. The molecule has 1 heterocycles. The van der Waals surface area contributed by atoms with Crippen molar-refractivity contribution in [3.8, 4) is 0 Å². The monoisotopic (exact) mass is 341 g/mol. The van der Waals surface area contributed by atoms with Crippen LogP contribution >= 0.6 is 34.2 Å². The van der Waals surface area contributed by atoms with E-state index in [0.717, 1.165) is 6.42 Å². The van der Waals surface area contributed by atoms with Crippen LogP contribution in [0.15, 0.2) is 11.1 Å². The Bertz CT molecular complexity index is 380. The zero-order valence-corrected chi connectivity index (χ0v) is 11.5. The zero-order valence-electron chi connectivity index (χ0n) is 8.55. The van der Waals surface area contributed by atoms with Gasteiger partial charge >= 0.3 is 0 Å². The topological polar surface area (TPSA) is 57.8 Å². The zero-order chi connectivity index (χ0) is 11.4. The molecule has 0 spiro atoms. The SMILES string of the molecule is CC(Cl)CC(C)Nc1nc[nH]c(=O)c1I. The first-order valence-electron chi connectivity index (χ1n) is 4.64. The largest absolute Gasteiger partial charge is 0.366 e. The summed E-state index contributed by atoms with van der Waals surface area (Å²) in [6.45, 7) is 3.95. The van der Waals surface area contributed by atoms with Crippen molar-refractivity contribution in [2.75, 3.05) is 5.32 Å². The quantitative estimate of drug-likeness (QED) is 0.652. The highest BCUT2D eigenvalue weighted by Gasteiger charge is 2.10. The number of rotatable bonds is 4. The number of aromatic amines is 1. The van der Waals surface area contributed by atoms with E-state index in [9.17, 15) is 4.79 Å². The molecule has 0 bridgehead atoms. The average Bonchev–Trinajstić information content (AvgIpc) is 2.11. The molecule has 0 aliphatic rings. The second-order valence-corrected chi connectivity index (χ2v) is 5.28. The lowest BCUT2D eigenvalue weighted by Gasteiger charge is -2.15. The van der Waals surface area contributed by atoms with Crippen molar-refractivity contribution in [2.24, 2.45) is 0 Å². The maximum atomic E-state index is 11.3. The summed E-state index contributed by atoms with van der Waals surface area (Å²) in [5.41, 5.74) is -0.126. The lowest BCUT2D eigenvalue weighted by Crippen LogP contribution is -2.22. The molecular formula is C9H13ClIN3O. The Morgan fingerprint density at radius 3 is 2.93 bits per heavy atom. The van der Waals surface area contributed by atoms with Gasteiger partial charge in [0.25, 0.3) is 5.56 Å².